The molecule has 2 aliphatic heterocycles. The molecule has 0 aliphatic carbocycles. The minimum absolute atomic E-state index is 0.221. The number of thioether (sulfide) groups is 1. The molecule has 2 fully saturated rings. The molecule has 0 radical (unpaired) electrons. The predicted octanol–water partition coefficient (Wildman–Crippen LogP) is 6.58. The lowest BCUT2D eigenvalue weighted by Gasteiger charge is -2.35. The van der Waals surface area contributed by atoms with Crippen molar-refractivity contribution in [3.63, 3.8) is 0 Å². The molecule has 0 spiro atoms. The van der Waals surface area contributed by atoms with Gasteiger partial charge in [-0.2, -0.15) is 0 Å². The average molecular weight is 761 g/mol. The fourth-order valence-electron chi connectivity index (χ4n) is 7.01. The van der Waals surface area contributed by atoms with Crippen LogP contribution in [0, 0.1) is 5.41 Å². The van der Waals surface area contributed by atoms with Crippen LogP contribution in [-0.2, 0) is 41.8 Å². The number of carbonyl (C=O) groups excluding carboxylic acids is 4. The summed E-state index contributed by atoms with van der Waals surface area (Å²) < 4.78 is 17.3. The van der Waals surface area contributed by atoms with E-state index in [4.69, 9.17) is 14.2 Å². The second-order valence-electron chi connectivity index (χ2n) is 15.9. The summed E-state index contributed by atoms with van der Waals surface area (Å²) in [6.07, 6.45) is 0.401. The molecule has 11 nitrogen and oxygen atoms in total. The number of hydrogen-bond donors (Lipinski definition) is 2. The van der Waals surface area contributed by atoms with Crippen LogP contribution in [0.2, 0.25) is 0 Å². The third kappa shape index (κ3) is 10.1. The van der Waals surface area contributed by atoms with Gasteiger partial charge in [-0.3, -0.25) is 19.3 Å². The predicted molar refractivity (Wildman–Crippen MR) is 212 cm³/mol. The minimum Gasteiger partial charge on any atom is -0.444 e. The van der Waals surface area contributed by atoms with Crippen LogP contribution in [-0.4, -0.2) is 88.7 Å². The monoisotopic (exact) mass is 760 g/mol. The third-order valence-electron chi connectivity index (χ3n) is 10.0. The minimum atomic E-state index is -0.881. The largest absolute Gasteiger partial charge is 0.444 e. The molecule has 5 atom stereocenters. The fraction of sp³-hybridized carbons (Fsp3) is 0.524. The number of fused-ring (bicyclic) bond motifs is 2. The van der Waals surface area contributed by atoms with E-state index < -0.39 is 47.2 Å². The number of likely N-dealkylation sites (N-methyl/N-ethyl adjacent to an activating group) is 1. The van der Waals surface area contributed by atoms with Gasteiger partial charge < -0.3 is 29.7 Å². The number of ether oxygens (including phenoxy) is 3. The van der Waals surface area contributed by atoms with E-state index in [1.165, 1.54) is 11.9 Å². The Bertz CT molecular complexity index is 1800. The maximum absolute atomic E-state index is 14.4. The molecule has 3 aromatic carbocycles. The second kappa shape index (κ2) is 17.6. The van der Waals surface area contributed by atoms with E-state index in [0.717, 1.165) is 27.5 Å². The van der Waals surface area contributed by atoms with Crippen molar-refractivity contribution in [3.05, 3.63) is 83.4 Å². The van der Waals surface area contributed by atoms with Gasteiger partial charge >= 0.3 is 6.09 Å². The molecule has 2 aliphatic rings. The quantitative estimate of drug-likeness (QED) is 0.200. The van der Waals surface area contributed by atoms with Crippen LogP contribution in [0.5, 0.6) is 0 Å². The smallest absolute Gasteiger partial charge is 0.410 e. The van der Waals surface area contributed by atoms with Crippen molar-refractivity contribution >= 4 is 46.3 Å². The van der Waals surface area contributed by atoms with Crippen LogP contribution < -0.4 is 10.6 Å². The van der Waals surface area contributed by atoms with Crippen LogP contribution in [0.15, 0.2) is 66.7 Å². The normalized spacial score (nSPS) is 20.8. The Morgan fingerprint density at radius 1 is 0.981 bits per heavy atom. The Balaban J connectivity index is 1.28. The molecule has 2 heterocycles. The first-order chi connectivity index (χ1) is 25.6. The SMILES string of the molecule is CCOCc1ccc2cc(COC[C@@H](NC(=O)C3N4C(=O)[C@@H](NC(=O)[C@H](C)N(C)C(=O)OC(C)(C)C)CCS[C@H]4CC3(C)C)c3ccccc3)ccc2c1. The Morgan fingerprint density at radius 3 is 2.22 bits per heavy atom. The Labute approximate surface area is 323 Å². The van der Waals surface area contributed by atoms with Crippen molar-refractivity contribution in [1.82, 2.24) is 20.4 Å². The topological polar surface area (TPSA) is 127 Å². The lowest BCUT2D eigenvalue weighted by atomic mass is 9.83. The molecule has 292 valence electrons. The molecule has 5 rings (SSSR count). The summed E-state index contributed by atoms with van der Waals surface area (Å²) in [5.41, 5.74) is 1.78. The summed E-state index contributed by atoms with van der Waals surface area (Å²) in [4.78, 5) is 57.7. The van der Waals surface area contributed by atoms with Gasteiger partial charge in [0, 0.05) is 13.7 Å². The number of hydrogen-bond acceptors (Lipinski definition) is 8. The molecule has 2 saturated heterocycles. The van der Waals surface area contributed by atoms with Gasteiger partial charge in [0.25, 0.3) is 0 Å². The molecule has 2 N–H and O–H groups in total. The fourth-order valence-corrected chi connectivity index (χ4v) is 8.59. The van der Waals surface area contributed by atoms with Crippen LogP contribution in [0.1, 0.15) is 84.0 Å². The Kier molecular flexibility index (Phi) is 13.3. The Hall–Kier alpha value is -4.13. The van der Waals surface area contributed by atoms with Gasteiger partial charge in [0.15, 0.2) is 0 Å². The van der Waals surface area contributed by atoms with E-state index in [1.54, 1.807) is 44.4 Å². The highest BCUT2D eigenvalue weighted by Gasteiger charge is 2.54. The summed E-state index contributed by atoms with van der Waals surface area (Å²) in [5, 5.41) is 8.15. The van der Waals surface area contributed by atoms with Gasteiger partial charge in [-0.1, -0.05) is 68.4 Å². The van der Waals surface area contributed by atoms with Crippen LogP contribution in [0.3, 0.4) is 0 Å². The zero-order chi connectivity index (χ0) is 39.2. The van der Waals surface area contributed by atoms with E-state index in [1.807, 2.05) is 51.1 Å². The van der Waals surface area contributed by atoms with Gasteiger partial charge in [0.2, 0.25) is 17.7 Å². The number of nitrogens with one attached hydrogen (secondary N) is 2. The second-order valence-corrected chi connectivity index (χ2v) is 17.2. The highest BCUT2D eigenvalue weighted by molar-refractivity contribution is 7.99. The van der Waals surface area contributed by atoms with Crippen molar-refractivity contribution in [2.24, 2.45) is 5.41 Å². The van der Waals surface area contributed by atoms with Gasteiger partial charge in [-0.15, -0.1) is 11.8 Å². The van der Waals surface area contributed by atoms with E-state index >= 15 is 0 Å². The van der Waals surface area contributed by atoms with E-state index in [2.05, 4.69) is 47.0 Å². The molecule has 12 heteroatoms. The highest BCUT2D eigenvalue weighted by Crippen LogP contribution is 2.46. The van der Waals surface area contributed by atoms with Crippen LogP contribution >= 0.6 is 11.8 Å². The maximum atomic E-state index is 14.4. The van der Waals surface area contributed by atoms with Crippen molar-refractivity contribution in [1.29, 1.82) is 0 Å². The first-order valence-corrected chi connectivity index (χ1v) is 19.8. The van der Waals surface area contributed by atoms with Crippen molar-refractivity contribution in [2.45, 2.75) is 110 Å². The first kappa shape index (κ1) is 41.0. The summed E-state index contributed by atoms with van der Waals surface area (Å²) in [6, 6.07) is 19.3. The summed E-state index contributed by atoms with van der Waals surface area (Å²) in [7, 11) is 1.50. The van der Waals surface area contributed by atoms with E-state index in [0.29, 0.717) is 38.4 Å². The molecule has 1 unspecified atom stereocenters. The van der Waals surface area contributed by atoms with Crippen LogP contribution in [0.4, 0.5) is 4.79 Å². The molecule has 0 bridgehead atoms. The molecule has 54 heavy (non-hydrogen) atoms. The van der Waals surface area contributed by atoms with Crippen LogP contribution in [0.25, 0.3) is 10.8 Å². The van der Waals surface area contributed by atoms with E-state index in [9.17, 15) is 19.2 Å². The molecular formula is C42H56N4O7S. The van der Waals surface area contributed by atoms with Crippen molar-refractivity contribution in [2.75, 3.05) is 26.0 Å². The number of benzene rings is 3. The zero-order valence-electron chi connectivity index (χ0n) is 32.8. The van der Waals surface area contributed by atoms with Gasteiger partial charge in [0.05, 0.1) is 31.2 Å². The van der Waals surface area contributed by atoms with E-state index in [-0.39, 0.29) is 23.8 Å². The molecule has 0 saturated carbocycles. The third-order valence-corrected chi connectivity index (χ3v) is 11.3. The average Bonchev–Trinajstić information content (AvgIpc) is 3.32. The first-order valence-electron chi connectivity index (χ1n) is 18.8. The van der Waals surface area contributed by atoms with Gasteiger partial charge in [-0.25, -0.2) is 4.79 Å². The number of amides is 4. The standard InChI is InChI=1S/C42H56N4O7S/c1-9-51-24-28-15-17-32-22-29(16-18-31(32)21-28)25-52-26-34(30-13-11-10-12-14-30)44-38(48)36-42(6,7)23-35-46(36)39(49)33(19-20-54-35)43-37(47)27(2)45(8)40(50)53-41(3,4)5/h10-18,21-22,27,33-36H,9,19-20,23-26H2,1-8H3,(H,43,47)(H,44,48)/t27-,33-,34+,35-,36?/m0/s1. The molecule has 4 amide bonds. The summed E-state index contributed by atoms with van der Waals surface area (Å²) >= 11 is 1.63. The molecule has 0 aromatic heterocycles. The molecular weight excluding hydrogens is 705 g/mol. The number of carbonyl (C=O) groups is 4. The van der Waals surface area contributed by atoms with Crippen molar-refractivity contribution < 1.29 is 33.4 Å². The van der Waals surface area contributed by atoms with Gasteiger partial charge in [-0.05, 0) is 98.2 Å². The zero-order valence-corrected chi connectivity index (χ0v) is 33.7. The Morgan fingerprint density at radius 2 is 1.61 bits per heavy atom. The highest BCUT2D eigenvalue weighted by atomic mass is 32.2. The maximum Gasteiger partial charge on any atom is 0.410 e. The van der Waals surface area contributed by atoms with Gasteiger partial charge in [0.1, 0.15) is 23.7 Å². The lowest BCUT2D eigenvalue weighted by molar-refractivity contribution is -0.144. The lowest BCUT2D eigenvalue weighted by Crippen LogP contribution is -2.58. The molecule has 3 aromatic rings. The summed E-state index contributed by atoms with van der Waals surface area (Å²) in [6.45, 7) is 14.7. The summed E-state index contributed by atoms with van der Waals surface area (Å²) in [5.74, 6) is -0.413. The van der Waals surface area contributed by atoms with Crippen molar-refractivity contribution in [3.8, 4) is 0 Å². The number of nitrogens with zero attached hydrogens (tertiary/aromatic N) is 2. The number of rotatable bonds is 13.